The Labute approximate surface area is 104 Å². The van der Waals surface area contributed by atoms with E-state index in [2.05, 4.69) is 4.98 Å². The minimum absolute atomic E-state index is 0.0139. The average Bonchev–Trinajstić information content (AvgIpc) is 2.63. The lowest BCUT2D eigenvalue weighted by Gasteiger charge is -1.97. The van der Waals surface area contributed by atoms with Crippen LogP contribution in [0.15, 0.2) is 29.6 Å². The third kappa shape index (κ3) is 3.28. The lowest BCUT2D eigenvalue weighted by atomic mass is 10.1. The first-order chi connectivity index (χ1) is 7.94. The van der Waals surface area contributed by atoms with Crippen molar-refractivity contribution >= 4 is 26.9 Å². The van der Waals surface area contributed by atoms with Gasteiger partial charge in [0.15, 0.2) is 9.84 Å². The van der Waals surface area contributed by atoms with E-state index in [1.807, 2.05) is 23.6 Å². The maximum absolute atomic E-state index is 11.1. The van der Waals surface area contributed by atoms with Crippen LogP contribution >= 0.6 is 11.3 Å². The second-order valence-electron chi connectivity index (χ2n) is 3.82. The number of nitrogens with two attached hydrogens (primary N) is 1. The Morgan fingerprint density at radius 2 is 2.18 bits per heavy atom. The molecule has 0 aliphatic rings. The number of thiazole rings is 1. The van der Waals surface area contributed by atoms with Crippen LogP contribution in [0.3, 0.4) is 0 Å². The summed E-state index contributed by atoms with van der Waals surface area (Å²) in [5.41, 5.74) is 8.02. The second-order valence-corrected chi connectivity index (χ2v) is 6.90. The number of benzene rings is 1. The Bertz CT molecular complexity index is 632. The molecule has 1 aromatic heterocycles. The van der Waals surface area contributed by atoms with Crippen LogP contribution in [-0.4, -0.2) is 19.7 Å². The summed E-state index contributed by atoms with van der Waals surface area (Å²) in [6.45, 7) is 0. The molecule has 0 bridgehead atoms. The van der Waals surface area contributed by atoms with Crippen LogP contribution in [0.5, 0.6) is 0 Å². The minimum Gasteiger partial charge on any atom is -0.399 e. The number of nitrogen functional groups attached to an aromatic ring is 1. The number of aromatic nitrogens is 1. The number of hydrogen-bond donors (Lipinski definition) is 1. The van der Waals surface area contributed by atoms with E-state index in [9.17, 15) is 8.42 Å². The van der Waals surface area contributed by atoms with Crippen molar-refractivity contribution in [1.82, 2.24) is 4.98 Å². The van der Waals surface area contributed by atoms with Gasteiger partial charge in [-0.1, -0.05) is 12.1 Å². The summed E-state index contributed by atoms with van der Waals surface area (Å²) in [7, 11) is -3.03. The summed E-state index contributed by atoms with van der Waals surface area (Å²) in [4.78, 5) is 4.29. The molecular weight excluding hydrogens is 256 g/mol. The van der Waals surface area contributed by atoms with E-state index in [0.29, 0.717) is 10.7 Å². The topological polar surface area (TPSA) is 73.0 Å². The van der Waals surface area contributed by atoms with Gasteiger partial charge >= 0.3 is 0 Å². The van der Waals surface area contributed by atoms with Gasteiger partial charge in [0.25, 0.3) is 0 Å². The summed E-state index contributed by atoms with van der Waals surface area (Å²) in [5.74, 6) is -0.0139. The van der Waals surface area contributed by atoms with Crippen molar-refractivity contribution in [1.29, 1.82) is 0 Å². The van der Waals surface area contributed by atoms with E-state index in [1.54, 1.807) is 6.07 Å². The van der Waals surface area contributed by atoms with Gasteiger partial charge < -0.3 is 5.73 Å². The molecule has 0 spiro atoms. The van der Waals surface area contributed by atoms with Crippen LogP contribution in [0.25, 0.3) is 11.3 Å². The molecule has 0 radical (unpaired) electrons. The van der Waals surface area contributed by atoms with Gasteiger partial charge in [0.2, 0.25) is 0 Å². The molecule has 1 aromatic carbocycles. The van der Waals surface area contributed by atoms with E-state index < -0.39 is 9.84 Å². The van der Waals surface area contributed by atoms with Gasteiger partial charge in [0, 0.05) is 22.9 Å². The Hall–Kier alpha value is -1.40. The molecule has 2 aromatic rings. The second kappa shape index (κ2) is 4.46. The highest BCUT2D eigenvalue weighted by Gasteiger charge is 2.10. The molecule has 90 valence electrons. The maximum atomic E-state index is 11.1. The Balaban J connectivity index is 2.30. The van der Waals surface area contributed by atoms with Crippen LogP contribution in [0, 0.1) is 0 Å². The standard InChI is InChI=1S/C11H12N2O2S2/c1-17(14,15)7-11-13-10(6-16-11)8-3-2-4-9(12)5-8/h2-6H,7,12H2,1H3. The van der Waals surface area contributed by atoms with E-state index in [1.165, 1.54) is 17.6 Å². The molecule has 0 aliphatic heterocycles. The van der Waals surface area contributed by atoms with Crippen molar-refractivity contribution in [2.24, 2.45) is 0 Å². The van der Waals surface area contributed by atoms with Gasteiger partial charge in [-0.15, -0.1) is 11.3 Å². The highest BCUT2D eigenvalue weighted by Crippen LogP contribution is 2.24. The molecule has 0 saturated carbocycles. The summed E-state index contributed by atoms with van der Waals surface area (Å²) in [6, 6.07) is 7.36. The van der Waals surface area contributed by atoms with Crippen molar-refractivity contribution in [3.05, 3.63) is 34.7 Å². The molecule has 2 N–H and O–H groups in total. The van der Waals surface area contributed by atoms with E-state index in [0.717, 1.165) is 11.3 Å². The maximum Gasteiger partial charge on any atom is 0.153 e. The Morgan fingerprint density at radius 3 is 2.82 bits per heavy atom. The van der Waals surface area contributed by atoms with Crippen LogP contribution in [0.2, 0.25) is 0 Å². The van der Waals surface area contributed by atoms with Crippen LogP contribution in [-0.2, 0) is 15.6 Å². The quantitative estimate of drug-likeness (QED) is 0.863. The number of anilines is 1. The lowest BCUT2D eigenvalue weighted by Crippen LogP contribution is -1.99. The smallest absolute Gasteiger partial charge is 0.153 e. The Morgan fingerprint density at radius 1 is 1.41 bits per heavy atom. The molecule has 6 heteroatoms. The zero-order valence-electron chi connectivity index (χ0n) is 9.25. The van der Waals surface area contributed by atoms with Crippen LogP contribution in [0.4, 0.5) is 5.69 Å². The largest absolute Gasteiger partial charge is 0.399 e. The monoisotopic (exact) mass is 268 g/mol. The summed E-state index contributed by atoms with van der Waals surface area (Å²) < 4.78 is 22.3. The average molecular weight is 268 g/mol. The summed E-state index contributed by atoms with van der Waals surface area (Å²) >= 11 is 1.35. The zero-order valence-corrected chi connectivity index (χ0v) is 10.9. The fourth-order valence-corrected chi connectivity index (χ4v) is 3.45. The molecule has 0 atom stereocenters. The molecule has 0 unspecified atom stereocenters. The molecule has 0 amide bonds. The van der Waals surface area contributed by atoms with Crippen molar-refractivity contribution in [2.75, 3.05) is 12.0 Å². The number of nitrogens with zero attached hydrogens (tertiary/aromatic N) is 1. The number of hydrogen-bond acceptors (Lipinski definition) is 5. The van der Waals surface area contributed by atoms with Gasteiger partial charge in [-0.05, 0) is 12.1 Å². The van der Waals surface area contributed by atoms with E-state index in [-0.39, 0.29) is 5.75 Å². The zero-order chi connectivity index (χ0) is 12.5. The molecule has 0 fully saturated rings. The summed E-state index contributed by atoms with van der Waals surface area (Å²) in [5, 5.41) is 2.44. The van der Waals surface area contributed by atoms with Crippen LogP contribution < -0.4 is 5.73 Å². The van der Waals surface area contributed by atoms with E-state index >= 15 is 0 Å². The van der Waals surface area contributed by atoms with Gasteiger partial charge in [0.05, 0.1) is 5.69 Å². The first-order valence-electron chi connectivity index (χ1n) is 4.92. The summed E-state index contributed by atoms with van der Waals surface area (Å²) in [6.07, 6.45) is 1.20. The first-order valence-corrected chi connectivity index (χ1v) is 7.86. The predicted molar refractivity (Wildman–Crippen MR) is 70.5 cm³/mol. The lowest BCUT2D eigenvalue weighted by molar-refractivity contribution is 0.601. The SMILES string of the molecule is CS(=O)(=O)Cc1nc(-c2cccc(N)c2)cs1. The van der Waals surface area contributed by atoms with Crippen molar-refractivity contribution in [3.8, 4) is 11.3 Å². The fraction of sp³-hybridized carbons (Fsp3) is 0.182. The van der Waals surface area contributed by atoms with E-state index in [4.69, 9.17) is 5.73 Å². The highest BCUT2D eigenvalue weighted by molar-refractivity contribution is 7.90. The highest BCUT2D eigenvalue weighted by atomic mass is 32.2. The van der Waals surface area contributed by atoms with Crippen molar-refractivity contribution in [2.45, 2.75) is 5.75 Å². The van der Waals surface area contributed by atoms with Gasteiger partial charge in [-0.2, -0.15) is 0 Å². The molecular formula is C11H12N2O2S2. The van der Waals surface area contributed by atoms with Gasteiger partial charge in [0.1, 0.15) is 10.8 Å². The first kappa shape index (κ1) is 12.1. The number of rotatable bonds is 3. The number of sulfone groups is 1. The Kier molecular flexibility index (Phi) is 3.17. The van der Waals surface area contributed by atoms with Gasteiger partial charge in [-0.25, -0.2) is 13.4 Å². The molecule has 4 nitrogen and oxygen atoms in total. The molecule has 1 heterocycles. The molecule has 0 saturated heterocycles. The van der Waals surface area contributed by atoms with Crippen molar-refractivity contribution < 1.29 is 8.42 Å². The normalized spacial score (nSPS) is 11.6. The van der Waals surface area contributed by atoms with Gasteiger partial charge in [-0.3, -0.25) is 0 Å². The predicted octanol–water partition coefficient (Wildman–Crippen LogP) is 1.94. The van der Waals surface area contributed by atoms with Crippen LogP contribution in [0.1, 0.15) is 5.01 Å². The third-order valence-electron chi connectivity index (χ3n) is 2.12. The fourth-order valence-electron chi connectivity index (χ4n) is 1.43. The minimum atomic E-state index is -3.03. The molecule has 2 rings (SSSR count). The molecule has 17 heavy (non-hydrogen) atoms. The third-order valence-corrected chi connectivity index (χ3v) is 3.95. The van der Waals surface area contributed by atoms with Crippen molar-refractivity contribution in [3.63, 3.8) is 0 Å². The molecule has 0 aliphatic carbocycles.